The third-order valence-electron chi connectivity index (χ3n) is 4.54. The number of fused-ring (bicyclic) bond motifs is 1. The second-order valence-electron chi connectivity index (χ2n) is 6.79. The Morgan fingerprint density at radius 1 is 1.11 bits per heavy atom. The average molecular weight is 501 g/mol. The first-order valence-corrected chi connectivity index (χ1v) is 12.0. The predicted molar refractivity (Wildman–Crippen MR) is 110 cm³/mol. The molecular weight excluding hydrogens is 470 g/mol. The van der Waals surface area contributed by atoms with E-state index in [-0.39, 0.29) is 51.0 Å². The van der Waals surface area contributed by atoms with Gasteiger partial charge in [-0.05, 0) is 6.42 Å². The summed E-state index contributed by atoms with van der Waals surface area (Å²) < 4.78 is 0. The largest absolute Gasteiger partial charge is 4.00 e. The zero-order chi connectivity index (χ0) is 17.5. The van der Waals surface area contributed by atoms with E-state index in [1.54, 1.807) is 10.8 Å². The smallest absolute Gasteiger partial charge is 1.00 e. The van der Waals surface area contributed by atoms with Crippen molar-refractivity contribution in [2.24, 2.45) is 0 Å². The quantitative estimate of drug-likeness (QED) is 0.333. The molecule has 0 unspecified atom stereocenters. The molecule has 3 aromatic carbocycles. The van der Waals surface area contributed by atoms with E-state index in [2.05, 4.69) is 75.5 Å². The Bertz CT molecular complexity index is 732. The van der Waals surface area contributed by atoms with Crippen LogP contribution in [0.3, 0.4) is 0 Å². The van der Waals surface area contributed by atoms with Gasteiger partial charge in [-0.15, -0.1) is 40.6 Å². The van der Waals surface area contributed by atoms with Gasteiger partial charge in [0.2, 0.25) is 0 Å². The van der Waals surface area contributed by atoms with Crippen LogP contribution in [0.4, 0.5) is 0 Å². The van der Waals surface area contributed by atoms with E-state index in [1.165, 1.54) is 21.9 Å². The summed E-state index contributed by atoms with van der Waals surface area (Å²) in [6.45, 7) is 9.43. The zero-order valence-electron chi connectivity index (χ0n) is 16.7. The standard InChI is InChI=1S/C12H21OSi.C10H9.2ClH.Zr/c1-4-11-10(6-5-9-13)7-8-12(11)14(2)3;1-8-6-9-4-2-3-5-10(9)7-8;;;/h7-8,13-14H,4-6,9H2,1-3H3;2-7H,1H3;2*1H;/q2*-1;;;+4/p-2. The molecule has 0 atom stereocenters. The molecule has 0 heterocycles. The molecule has 146 valence electrons. The van der Waals surface area contributed by atoms with Crippen molar-refractivity contribution in [1.29, 1.82) is 0 Å². The SMILES string of the molecule is CCc1c(CCCO)cc[c-]1[SiH](C)C.Cc1cc2ccccc2[cH-]1.[Cl-].[Cl-].[Zr+4]. The van der Waals surface area contributed by atoms with Crippen LogP contribution < -0.4 is 30.0 Å². The van der Waals surface area contributed by atoms with Gasteiger partial charge in [-0.1, -0.05) is 45.8 Å². The van der Waals surface area contributed by atoms with E-state index in [0.717, 1.165) is 19.3 Å². The molecule has 0 aliphatic heterocycles. The van der Waals surface area contributed by atoms with E-state index < -0.39 is 8.80 Å². The van der Waals surface area contributed by atoms with Crippen LogP contribution in [0.2, 0.25) is 13.1 Å². The Morgan fingerprint density at radius 2 is 1.78 bits per heavy atom. The number of aliphatic hydroxyl groups excluding tert-OH is 1. The van der Waals surface area contributed by atoms with Crippen LogP contribution in [-0.4, -0.2) is 20.5 Å². The van der Waals surface area contributed by atoms with Crippen molar-refractivity contribution in [1.82, 2.24) is 0 Å². The fourth-order valence-corrected chi connectivity index (χ4v) is 4.93. The summed E-state index contributed by atoms with van der Waals surface area (Å²) in [7, 11) is -0.661. The number of rotatable bonds is 5. The maximum atomic E-state index is 8.82. The summed E-state index contributed by atoms with van der Waals surface area (Å²) in [6.07, 6.45) is 3.09. The van der Waals surface area contributed by atoms with E-state index in [4.69, 9.17) is 5.11 Å². The van der Waals surface area contributed by atoms with Crippen LogP contribution >= 0.6 is 0 Å². The summed E-state index contributed by atoms with van der Waals surface area (Å²) in [5.74, 6) is 0. The maximum Gasteiger partial charge on any atom is 4.00 e. The first kappa shape index (κ1) is 29.0. The van der Waals surface area contributed by atoms with Gasteiger partial charge in [0.25, 0.3) is 0 Å². The zero-order valence-corrected chi connectivity index (χ0v) is 21.9. The van der Waals surface area contributed by atoms with Crippen LogP contribution in [0.15, 0.2) is 48.5 Å². The minimum Gasteiger partial charge on any atom is -1.00 e. The van der Waals surface area contributed by atoms with Crippen LogP contribution in [0.1, 0.15) is 30.0 Å². The molecular formula is C22H30Cl2OSiZr. The van der Waals surface area contributed by atoms with Crippen molar-refractivity contribution >= 4 is 24.8 Å². The molecule has 0 aliphatic rings. The Labute approximate surface area is 197 Å². The minimum absolute atomic E-state index is 0. The fourth-order valence-electron chi connectivity index (χ4n) is 3.36. The number of hydrogen-bond donors (Lipinski definition) is 1. The van der Waals surface area contributed by atoms with Gasteiger partial charge in [0.1, 0.15) is 0 Å². The molecule has 1 N–H and O–H groups in total. The molecule has 3 rings (SSSR count). The number of hydrogen-bond acceptors (Lipinski definition) is 1. The molecule has 0 aliphatic carbocycles. The van der Waals surface area contributed by atoms with Crippen molar-refractivity contribution in [2.45, 2.75) is 46.2 Å². The van der Waals surface area contributed by atoms with Gasteiger partial charge in [0.05, 0.1) is 0 Å². The topological polar surface area (TPSA) is 20.2 Å². The first-order valence-electron chi connectivity index (χ1n) is 9.07. The molecule has 0 saturated heterocycles. The Hall–Kier alpha value is -0.180. The predicted octanol–water partition coefficient (Wildman–Crippen LogP) is -1.54. The second-order valence-corrected chi connectivity index (χ2v) is 9.72. The van der Waals surface area contributed by atoms with Crippen molar-refractivity contribution in [3.05, 3.63) is 65.2 Å². The molecule has 0 radical (unpaired) electrons. The molecule has 0 amide bonds. The maximum absolute atomic E-state index is 8.82. The number of aryl methyl sites for hydroxylation is 2. The monoisotopic (exact) mass is 498 g/mol. The van der Waals surface area contributed by atoms with Gasteiger partial charge >= 0.3 is 26.2 Å². The average Bonchev–Trinajstić information content (AvgIpc) is 3.15. The summed E-state index contributed by atoms with van der Waals surface area (Å²) in [5, 5.41) is 13.1. The second kappa shape index (κ2) is 14.8. The fraction of sp³-hybridized carbons (Fsp3) is 0.364. The summed E-state index contributed by atoms with van der Waals surface area (Å²) in [6, 6.07) is 17.4. The summed E-state index contributed by atoms with van der Waals surface area (Å²) in [4.78, 5) is 0. The molecule has 1 nitrogen and oxygen atoms in total. The number of halogens is 2. The van der Waals surface area contributed by atoms with Crippen molar-refractivity contribution < 1.29 is 56.1 Å². The third-order valence-corrected chi connectivity index (χ3v) is 6.33. The molecule has 3 aromatic rings. The van der Waals surface area contributed by atoms with Crippen molar-refractivity contribution in [2.75, 3.05) is 6.61 Å². The van der Waals surface area contributed by atoms with Crippen LogP contribution in [0, 0.1) is 6.92 Å². The number of benzene rings is 1. The third kappa shape index (κ3) is 8.38. The van der Waals surface area contributed by atoms with E-state index >= 15 is 0 Å². The van der Waals surface area contributed by atoms with Crippen LogP contribution in [0.25, 0.3) is 10.8 Å². The van der Waals surface area contributed by atoms with Gasteiger partial charge < -0.3 is 29.9 Å². The summed E-state index contributed by atoms with van der Waals surface area (Å²) >= 11 is 0. The molecule has 0 bridgehead atoms. The minimum atomic E-state index is -0.661. The number of aliphatic hydroxyl groups is 1. The van der Waals surface area contributed by atoms with Gasteiger partial charge in [-0.2, -0.15) is 28.4 Å². The van der Waals surface area contributed by atoms with E-state index in [0.29, 0.717) is 6.61 Å². The Kier molecular flexibility index (Phi) is 15.9. The van der Waals surface area contributed by atoms with Gasteiger partial charge in [0, 0.05) is 15.4 Å². The van der Waals surface area contributed by atoms with Crippen LogP contribution in [-0.2, 0) is 39.0 Å². The molecule has 0 spiro atoms. The first-order chi connectivity index (χ1) is 11.6. The Morgan fingerprint density at radius 3 is 2.33 bits per heavy atom. The molecule has 0 aromatic heterocycles. The van der Waals surface area contributed by atoms with Gasteiger partial charge in [-0.3, -0.25) is 0 Å². The molecule has 27 heavy (non-hydrogen) atoms. The van der Waals surface area contributed by atoms with Crippen molar-refractivity contribution in [3.63, 3.8) is 0 Å². The molecule has 0 saturated carbocycles. The van der Waals surface area contributed by atoms with Gasteiger partial charge in [0.15, 0.2) is 0 Å². The van der Waals surface area contributed by atoms with E-state index in [1.807, 2.05) is 0 Å². The van der Waals surface area contributed by atoms with E-state index in [9.17, 15) is 0 Å². The van der Waals surface area contributed by atoms with Crippen molar-refractivity contribution in [3.8, 4) is 0 Å². The molecule has 5 heteroatoms. The molecule has 0 fully saturated rings. The van der Waals surface area contributed by atoms with Gasteiger partial charge in [-0.25, -0.2) is 6.07 Å². The normalized spacial score (nSPS) is 9.70. The Balaban J connectivity index is 0. The summed E-state index contributed by atoms with van der Waals surface area (Å²) in [5.41, 5.74) is 4.39. The van der Waals surface area contributed by atoms with Crippen LogP contribution in [0.5, 0.6) is 0 Å².